The maximum absolute atomic E-state index is 12.5. The molecule has 2 aliphatic rings. The molecular weight excluding hydrogens is 393 g/mol. The van der Waals surface area contributed by atoms with Crippen molar-refractivity contribution in [2.45, 2.75) is 44.7 Å². The van der Waals surface area contributed by atoms with Crippen LogP contribution in [0.2, 0.25) is 5.02 Å². The van der Waals surface area contributed by atoms with Gasteiger partial charge in [-0.1, -0.05) is 30.2 Å². The molecule has 1 saturated carbocycles. The Morgan fingerprint density at radius 2 is 1.77 bits per heavy atom. The number of piperidine rings is 1. The highest BCUT2D eigenvalue weighted by molar-refractivity contribution is 6.30. The van der Waals surface area contributed by atoms with E-state index in [-0.39, 0.29) is 36.6 Å². The summed E-state index contributed by atoms with van der Waals surface area (Å²) < 4.78 is 0. The molecule has 2 atom stereocenters. The highest BCUT2D eigenvalue weighted by Gasteiger charge is 2.33. The Balaban J connectivity index is 0.00000169. The molecule has 1 aliphatic carbocycles. The molecule has 0 aromatic heterocycles. The molecule has 26 heavy (non-hydrogen) atoms. The van der Waals surface area contributed by atoms with Gasteiger partial charge in [0, 0.05) is 36.6 Å². The highest BCUT2D eigenvalue weighted by Crippen LogP contribution is 2.31. The summed E-state index contributed by atoms with van der Waals surface area (Å²) in [5, 5.41) is 4.06. The maximum Gasteiger partial charge on any atom is 0.223 e. The molecule has 1 saturated heterocycles. The van der Waals surface area contributed by atoms with Gasteiger partial charge in [0.25, 0.3) is 0 Å². The Labute approximate surface area is 174 Å². The van der Waals surface area contributed by atoms with Gasteiger partial charge in [-0.05, 0) is 55.8 Å². The predicted molar refractivity (Wildman–Crippen MR) is 112 cm³/mol. The molecule has 3 rings (SSSR count). The SMILES string of the molecule is Cl.Cl.NC[C@H]1CCC[C@H]1C(=O)NC1CCN(Cc2ccc(Cl)cc2)CC1. The minimum absolute atomic E-state index is 0. The van der Waals surface area contributed by atoms with E-state index in [9.17, 15) is 4.79 Å². The van der Waals surface area contributed by atoms with Gasteiger partial charge >= 0.3 is 0 Å². The zero-order chi connectivity index (χ0) is 16.9. The number of hydrogen-bond acceptors (Lipinski definition) is 3. The van der Waals surface area contributed by atoms with E-state index in [4.69, 9.17) is 17.3 Å². The smallest absolute Gasteiger partial charge is 0.223 e. The lowest BCUT2D eigenvalue weighted by Gasteiger charge is -2.33. The zero-order valence-electron chi connectivity index (χ0n) is 15.0. The summed E-state index contributed by atoms with van der Waals surface area (Å²) in [5.41, 5.74) is 7.09. The number of amides is 1. The minimum Gasteiger partial charge on any atom is -0.353 e. The predicted octanol–water partition coefficient (Wildman–Crippen LogP) is 3.64. The van der Waals surface area contributed by atoms with Crippen molar-refractivity contribution in [3.8, 4) is 0 Å². The second-order valence-corrected chi connectivity index (χ2v) is 7.66. The minimum atomic E-state index is 0. The van der Waals surface area contributed by atoms with E-state index in [2.05, 4.69) is 22.3 Å². The topological polar surface area (TPSA) is 58.4 Å². The van der Waals surface area contributed by atoms with E-state index in [0.717, 1.165) is 56.8 Å². The van der Waals surface area contributed by atoms with Crippen LogP contribution in [-0.4, -0.2) is 36.5 Å². The Hall–Kier alpha value is -0.520. The van der Waals surface area contributed by atoms with Crippen LogP contribution in [0.25, 0.3) is 0 Å². The summed E-state index contributed by atoms with van der Waals surface area (Å²) in [5.74, 6) is 0.760. The summed E-state index contributed by atoms with van der Waals surface area (Å²) >= 11 is 5.93. The third-order valence-corrected chi connectivity index (χ3v) is 5.80. The lowest BCUT2D eigenvalue weighted by Crippen LogP contribution is -2.47. The monoisotopic (exact) mass is 421 g/mol. The zero-order valence-corrected chi connectivity index (χ0v) is 17.4. The van der Waals surface area contributed by atoms with Crippen LogP contribution < -0.4 is 11.1 Å². The molecule has 4 nitrogen and oxygen atoms in total. The molecule has 1 aromatic carbocycles. The average molecular weight is 423 g/mol. The Bertz CT molecular complexity index is 547. The summed E-state index contributed by atoms with van der Waals surface area (Å²) in [7, 11) is 0. The number of carbonyl (C=O) groups excluding carboxylic acids is 1. The first-order valence-electron chi connectivity index (χ1n) is 9.13. The van der Waals surface area contributed by atoms with Crippen molar-refractivity contribution in [1.82, 2.24) is 10.2 Å². The van der Waals surface area contributed by atoms with Crippen molar-refractivity contribution < 1.29 is 4.79 Å². The van der Waals surface area contributed by atoms with Crippen LogP contribution in [0.5, 0.6) is 0 Å². The van der Waals surface area contributed by atoms with Gasteiger partial charge in [-0.25, -0.2) is 0 Å². The van der Waals surface area contributed by atoms with Crippen LogP contribution in [0, 0.1) is 11.8 Å². The van der Waals surface area contributed by atoms with Gasteiger partial charge in [0.2, 0.25) is 5.91 Å². The standard InChI is InChI=1S/C19H28ClN3O.2ClH/c20-16-6-4-14(5-7-16)13-23-10-8-17(9-11-23)22-19(24)18-3-1-2-15(18)12-21;;/h4-7,15,17-18H,1-3,8-13,21H2,(H,22,24);2*1H/t15-,18-;;/m1../s1. The van der Waals surface area contributed by atoms with Crippen LogP contribution in [0.4, 0.5) is 0 Å². The van der Waals surface area contributed by atoms with Crippen molar-refractivity contribution in [2.24, 2.45) is 17.6 Å². The van der Waals surface area contributed by atoms with Gasteiger partial charge in [-0.3, -0.25) is 9.69 Å². The lowest BCUT2D eigenvalue weighted by molar-refractivity contribution is -0.127. The molecule has 1 heterocycles. The van der Waals surface area contributed by atoms with E-state index in [1.165, 1.54) is 5.56 Å². The normalized spacial score (nSPS) is 23.8. The summed E-state index contributed by atoms with van der Waals surface area (Å²) in [4.78, 5) is 14.9. The van der Waals surface area contributed by atoms with Gasteiger partial charge < -0.3 is 11.1 Å². The van der Waals surface area contributed by atoms with Crippen molar-refractivity contribution >= 4 is 42.3 Å². The largest absolute Gasteiger partial charge is 0.353 e. The van der Waals surface area contributed by atoms with Crippen molar-refractivity contribution in [1.29, 1.82) is 0 Å². The molecule has 0 spiro atoms. The molecule has 7 heteroatoms. The molecular formula is C19H30Cl3N3O. The van der Waals surface area contributed by atoms with E-state index in [1.807, 2.05) is 12.1 Å². The number of nitrogens with two attached hydrogens (primary N) is 1. The average Bonchev–Trinajstić information content (AvgIpc) is 3.07. The molecule has 1 aliphatic heterocycles. The lowest BCUT2D eigenvalue weighted by atomic mass is 9.94. The Morgan fingerprint density at radius 3 is 2.38 bits per heavy atom. The first kappa shape index (κ1) is 23.5. The summed E-state index contributed by atoms with van der Waals surface area (Å²) in [6.45, 7) is 3.64. The summed E-state index contributed by atoms with van der Waals surface area (Å²) in [6.07, 6.45) is 5.30. The fraction of sp³-hybridized carbons (Fsp3) is 0.632. The molecule has 0 unspecified atom stereocenters. The van der Waals surface area contributed by atoms with Crippen LogP contribution in [-0.2, 0) is 11.3 Å². The van der Waals surface area contributed by atoms with Crippen LogP contribution in [0.3, 0.4) is 0 Å². The van der Waals surface area contributed by atoms with Gasteiger partial charge in [0.05, 0.1) is 0 Å². The molecule has 148 valence electrons. The van der Waals surface area contributed by atoms with Crippen molar-refractivity contribution in [2.75, 3.05) is 19.6 Å². The fourth-order valence-electron chi connectivity index (χ4n) is 4.06. The first-order valence-corrected chi connectivity index (χ1v) is 9.50. The summed E-state index contributed by atoms with van der Waals surface area (Å²) in [6, 6.07) is 8.38. The molecule has 1 aromatic rings. The van der Waals surface area contributed by atoms with Crippen LogP contribution in [0.1, 0.15) is 37.7 Å². The molecule has 2 fully saturated rings. The second-order valence-electron chi connectivity index (χ2n) is 7.22. The molecule has 3 N–H and O–H groups in total. The number of nitrogens with one attached hydrogen (secondary N) is 1. The van der Waals surface area contributed by atoms with Crippen LogP contribution in [0.15, 0.2) is 24.3 Å². The molecule has 1 amide bonds. The quantitative estimate of drug-likeness (QED) is 0.761. The highest BCUT2D eigenvalue weighted by atomic mass is 35.5. The number of nitrogens with zero attached hydrogens (tertiary/aromatic N) is 1. The number of rotatable bonds is 5. The Kier molecular flexibility index (Phi) is 10.3. The van der Waals surface area contributed by atoms with E-state index in [0.29, 0.717) is 18.5 Å². The third-order valence-electron chi connectivity index (χ3n) is 5.55. The number of halogens is 3. The third kappa shape index (κ3) is 6.28. The number of benzene rings is 1. The van der Waals surface area contributed by atoms with Crippen molar-refractivity contribution in [3.63, 3.8) is 0 Å². The van der Waals surface area contributed by atoms with E-state index >= 15 is 0 Å². The second kappa shape index (κ2) is 11.4. The number of carbonyl (C=O) groups is 1. The van der Waals surface area contributed by atoms with E-state index in [1.54, 1.807) is 0 Å². The van der Waals surface area contributed by atoms with Gasteiger partial charge in [-0.2, -0.15) is 0 Å². The molecule has 0 radical (unpaired) electrons. The first-order chi connectivity index (χ1) is 11.7. The van der Waals surface area contributed by atoms with Crippen LogP contribution >= 0.6 is 36.4 Å². The van der Waals surface area contributed by atoms with Gasteiger partial charge in [0.1, 0.15) is 0 Å². The number of hydrogen-bond donors (Lipinski definition) is 2. The Morgan fingerprint density at radius 1 is 1.12 bits per heavy atom. The fourth-order valence-corrected chi connectivity index (χ4v) is 4.18. The van der Waals surface area contributed by atoms with Gasteiger partial charge in [0.15, 0.2) is 0 Å². The molecule has 0 bridgehead atoms. The van der Waals surface area contributed by atoms with E-state index < -0.39 is 0 Å². The van der Waals surface area contributed by atoms with Gasteiger partial charge in [-0.15, -0.1) is 24.8 Å². The van der Waals surface area contributed by atoms with Crippen molar-refractivity contribution in [3.05, 3.63) is 34.9 Å². The number of likely N-dealkylation sites (tertiary alicyclic amines) is 1. The maximum atomic E-state index is 12.5.